The van der Waals surface area contributed by atoms with E-state index in [1.54, 1.807) is 48.1 Å². The fourth-order valence-electron chi connectivity index (χ4n) is 2.33. The lowest BCUT2D eigenvalue weighted by Crippen LogP contribution is -2.15. The summed E-state index contributed by atoms with van der Waals surface area (Å²) in [5.41, 5.74) is 7.75. The van der Waals surface area contributed by atoms with Gasteiger partial charge >= 0.3 is 0 Å². The quantitative estimate of drug-likeness (QED) is 0.253. The van der Waals surface area contributed by atoms with Crippen molar-refractivity contribution in [2.45, 2.75) is 12.3 Å². The summed E-state index contributed by atoms with van der Waals surface area (Å²) in [5, 5.41) is 19.3. The Morgan fingerprint density at radius 1 is 1.43 bits per heavy atom. The van der Waals surface area contributed by atoms with E-state index in [2.05, 4.69) is 16.5 Å². The van der Waals surface area contributed by atoms with Crippen molar-refractivity contribution in [1.29, 1.82) is 5.26 Å². The van der Waals surface area contributed by atoms with Crippen molar-refractivity contribution < 1.29 is 9.53 Å². The Bertz CT molecular complexity index is 1010. The number of ether oxygens (including phenoxy) is 1. The summed E-state index contributed by atoms with van der Waals surface area (Å²) in [4.78, 5) is 13.5. The molecule has 3 aromatic rings. The summed E-state index contributed by atoms with van der Waals surface area (Å²) in [6.07, 6.45) is 5.28. The Balaban J connectivity index is 1.57. The summed E-state index contributed by atoms with van der Waals surface area (Å²) >= 11 is 3.03. The largest absolute Gasteiger partial charge is 0.399 e. The second-order valence-corrected chi connectivity index (χ2v) is 7.58. The summed E-state index contributed by atoms with van der Waals surface area (Å²) in [5.74, 6) is -0.0113. The van der Waals surface area contributed by atoms with Gasteiger partial charge in [-0.2, -0.15) is 5.10 Å². The van der Waals surface area contributed by atoms with Gasteiger partial charge in [0.1, 0.15) is 0 Å². The van der Waals surface area contributed by atoms with Crippen LogP contribution in [-0.2, 0) is 21.8 Å². The molecule has 0 radical (unpaired) electrons. The third-order valence-electron chi connectivity index (χ3n) is 3.55. The number of thioether (sulfide) groups is 1. The van der Waals surface area contributed by atoms with Gasteiger partial charge in [-0.1, -0.05) is 12.1 Å². The average molecular weight is 412 g/mol. The SMILES string of the molecule is N#CO/C(=C\SCc1cnn(Cc2cccs2)c1)C(=O)Nc1cccc(N)c1. The lowest BCUT2D eigenvalue weighted by molar-refractivity contribution is -0.115. The van der Waals surface area contributed by atoms with E-state index in [1.807, 2.05) is 22.3 Å². The summed E-state index contributed by atoms with van der Waals surface area (Å²) < 4.78 is 6.67. The molecule has 142 valence electrons. The number of carbonyl (C=O) groups is 1. The van der Waals surface area contributed by atoms with E-state index in [-0.39, 0.29) is 5.76 Å². The summed E-state index contributed by atoms with van der Waals surface area (Å²) in [7, 11) is 0. The highest BCUT2D eigenvalue weighted by Crippen LogP contribution is 2.18. The third-order valence-corrected chi connectivity index (χ3v) is 5.29. The minimum Gasteiger partial charge on any atom is -0.399 e. The third kappa shape index (κ3) is 5.64. The molecule has 3 rings (SSSR count). The average Bonchev–Trinajstić information content (AvgIpc) is 3.33. The number of hydrogen-bond acceptors (Lipinski definition) is 7. The molecule has 0 atom stereocenters. The van der Waals surface area contributed by atoms with E-state index in [4.69, 9.17) is 15.7 Å². The first-order valence-corrected chi connectivity index (χ1v) is 10.1. The van der Waals surface area contributed by atoms with E-state index < -0.39 is 5.91 Å². The molecule has 0 aliphatic heterocycles. The van der Waals surface area contributed by atoms with Crippen LogP contribution in [0.15, 0.2) is 65.3 Å². The molecule has 0 saturated heterocycles. The fraction of sp³-hybridized carbons (Fsp3) is 0.105. The Morgan fingerprint density at radius 3 is 3.07 bits per heavy atom. The second kappa shape index (κ2) is 9.64. The molecule has 28 heavy (non-hydrogen) atoms. The Kier molecular flexibility index (Phi) is 6.73. The predicted molar refractivity (Wildman–Crippen MR) is 111 cm³/mol. The van der Waals surface area contributed by atoms with Crippen molar-refractivity contribution in [1.82, 2.24) is 9.78 Å². The van der Waals surface area contributed by atoms with E-state index in [0.717, 1.165) is 12.1 Å². The normalized spacial score (nSPS) is 11.0. The van der Waals surface area contributed by atoms with Gasteiger partial charge in [0.05, 0.1) is 12.7 Å². The molecule has 0 fully saturated rings. The fourth-order valence-corrected chi connectivity index (χ4v) is 3.75. The van der Waals surface area contributed by atoms with Crippen LogP contribution in [0.25, 0.3) is 0 Å². The second-order valence-electron chi connectivity index (χ2n) is 5.69. The van der Waals surface area contributed by atoms with Crippen LogP contribution in [0.2, 0.25) is 0 Å². The van der Waals surface area contributed by atoms with Crippen molar-refractivity contribution in [3.8, 4) is 6.26 Å². The molecule has 2 aromatic heterocycles. The Morgan fingerprint density at radius 2 is 2.32 bits per heavy atom. The van der Waals surface area contributed by atoms with Crippen LogP contribution < -0.4 is 11.1 Å². The summed E-state index contributed by atoms with van der Waals surface area (Å²) in [6, 6.07) is 10.8. The van der Waals surface area contributed by atoms with Gasteiger partial charge in [-0.25, -0.2) is 0 Å². The van der Waals surface area contributed by atoms with Crippen LogP contribution in [0.1, 0.15) is 10.4 Å². The lowest BCUT2D eigenvalue weighted by Gasteiger charge is -2.06. The van der Waals surface area contributed by atoms with E-state index in [1.165, 1.54) is 22.0 Å². The Hall–Kier alpha value is -3.22. The number of anilines is 2. The van der Waals surface area contributed by atoms with Crippen LogP contribution in [0, 0.1) is 11.5 Å². The number of nitrogens with two attached hydrogens (primary N) is 1. The monoisotopic (exact) mass is 411 g/mol. The lowest BCUT2D eigenvalue weighted by atomic mass is 10.3. The molecular formula is C19H17N5O2S2. The number of nitrogens with one attached hydrogen (secondary N) is 1. The number of hydrogen-bond donors (Lipinski definition) is 2. The predicted octanol–water partition coefficient (Wildman–Crippen LogP) is 3.79. The van der Waals surface area contributed by atoms with Gasteiger partial charge in [0, 0.05) is 39.2 Å². The maximum atomic E-state index is 12.3. The number of aromatic nitrogens is 2. The minimum absolute atomic E-state index is 0.0825. The van der Waals surface area contributed by atoms with Crippen LogP contribution in [-0.4, -0.2) is 15.7 Å². The van der Waals surface area contributed by atoms with Crippen molar-refractivity contribution in [3.63, 3.8) is 0 Å². The van der Waals surface area contributed by atoms with E-state index in [0.29, 0.717) is 17.1 Å². The number of benzene rings is 1. The maximum Gasteiger partial charge on any atom is 0.293 e. The number of rotatable bonds is 8. The topological polar surface area (TPSA) is 106 Å². The van der Waals surface area contributed by atoms with Crippen molar-refractivity contribution >= 4 is 40.4 Å². The number of nitrogens with zero attached hydrogens (tertiary/aromatic N) is 3. The van der Waals surface area contributed by atoms with Crippen molar-refractivity contribution in [3.05, 3.63) is 75.8 Å². The molecule has 0 aliphatic carbocycles. The minimum atomic E-state index is -0.520. The molecule has 0 unspecified atom stereocenters. The molecule has 0 bridgehead atoms. The van der Waals surface area contributed by atoms with Gasteiger partial charge in [-0.3, -0.25) is 9.48 Å². The molecule has 1 amide bonds. The van der Waals surface area contributed by atoms with Crippen molar-refractivity contribution in [2.24, 2.45) is 0 Å². The van der Waals surface area contributed by atoms with Gasteiger partial charge in [0.25, 0.3) is 12.2 Å². The molecule has 1 aromatic carbocycles. The highest BCUT2D eigenvalue weighted by Gasteiger charge is 2.12. The molecular weight excluding hydrogens is 394 g/mol. The number of thiophene rings is 1. The zero-order chi connectivity index (χ0) is 19.8. The standard InChI is InChI=1S/C19H17N5O2S2/c20-13-26-18(19(25)23-16-4-1-3-15(21)7-16)12-27-11-14-8-22-24(9-14)10-17-5-2-6-28-17/h1-9,12H,10-11,21H2,(H,23,25)/b18-12-. The van der Waals surface area contributed by atoms with Gasteiger partial charge in [-0.15, -0.1) is 28.4 Å². The number of nitriles is 1. The van der Waals surface area contributed by atoms with Crippen LogP contribution in [0.5, 0.6) is 0 Å². The molecule has 0 saturated carbocycles. The van der Waals surface area contributed by atoms with Crippen LogP contribution in [0.4, 0.5) is 11.4 Å². The van der Waals surface area contributed by atoms with Gasteiger partial charge in [0.2, 0.25) is 5.76 Å². The first kappa shape index (κ1) is 19.5. The zero-order valence-electron chi connectivity index (χ0n) is 14.7. The highest BCUT2D eigenvalue weighted by molar-refractivity contribution is 8.01. The van der Waals surface area contributed by atoms with Crippen LogP contribution >= 0.6 is 23.1 Å². The number of nitrogen functional groups attached to an aromatic ring is 1. The summed E-state index contributed by atoms with van der Waals surface area (Å²) in [6.45, 7) is 0.726. The molecule has 3 N–H and O–H groups in total. The molecule has 2 heterocycles. The number of carbonyl (C=O) groups excluding carboxylic acids is 1. The number of amides is 1. The van der Waals surface area contributed by atoms with Crippen LogP contribution in [0.3, 0.4) is 0 Å². The smallest absolute Gasteiger partial charge is 0.293 e. The molecule has 7 nitrogen and oxygen atoms in total. The van der Waals surface area contributed by atoms with Gasteiger partial charge < -0.3 is 15.8 Å². The Labute approximate surface area is 170 Å². The highest BCUT2D eigenvalue weighted by atomic mass is 32.2. The first-order chi connectivity index (χ1) is 13.6. The molecule has 0 aliphatic rings. The van der Waals surface area contributed by atoms with E-state index >= 15 is 0 Å². The molecule has 0 spiro atoms. The van der Waals surface area contributed by atoms with Gasteiger partial charge in [0.15, 0.2) is 0 Å². The van der Waals surface area contributed by atoms with E-state index in [9.17, 15) is 4.79 Å². The van der Waals surface area contributed by atoms with Gasteiger partial charge in [-0.05, 0) is 29.6 Å². The van der Waals surface area contributed by atoms with Crippen molar-refractivity contribution in [2.75, 3.05) is 11.1 Å². The maximum absolute atomic E-state index is 12.3. The zero-order valence-corrected chi connectivity index (χ0v) is 16.4. The molecule has 9 heteroatoms. The first-order valence-electron chi connectivity index (χ1n) is 8.22.